The van der Waals surface area contributed by atoms with Gasteiger partial charge in [-0.2, -0.15) is 13.2 Å². The van der Waals surface area contributed by atoms with Crippen LogP contribution in [0.3, 0.4) is 0 Å². The summed E-state index contributed by atoms with van der Waals surface area (Å²) in [6, 6.07) is 9.94. The second-order valence-corrected chi connectivity index (χ2v) is 6.89. The van der Waals surface area contributed by atoms with Crippen molar-refractivity contribution < 1.29 is 27.8 Å². The summed E-state index contributed by atoms with van der Waals surface area (Å²) in [6.45, 7) is 0.265. The molecular formula is C22H17F3N2O3. The van der Waals surface area contributed by atoms with Crippen LogP contribution in [-0.2, 0) is 11.0 Å². The highest BCUT2D eigenvalue weighted by Crippen LogP contribution is 2.38. The molecule has 0 spiro atoms. The van der Waals surface area contributed by atoms with E-state index in [0.29, 0.717) is 40.6 Å². The van der Waals surface area contributed by atoms with E-state index in [1.165, 1.54) is 24.4 Å². The number of anilines is 1. The Morgan fingerprint density at radius 2 is 2.03 bits per heavy atom. The van der Waals surface area contributed by atoms with E-state index in [1.807, 2.05) is 0 Å². The van der Waals surface area contributed by atoms with Gasteiger partial charge >= 0.3 is 6.18 Å². The highest BCUT2D eigenvalue weighted by Gasteiger charge is 2.32. The SMILES string of the molecule is O=C(/C=C1\CCCOc2cc(C(F)(F)F)ccc21)Nc1cccc2ncc(O)cc12. The average Bonchev–Trinajstić information content (AvgIpc) is 2.89. The number of benzene rings is 2. The fourth-order valence-electron chi connectivity index (χ4n) is 3.39. The van der Waals surface area contributed by atoms with Gasteiger partial charge in [-0.25, -0.2) is 0 Å². The molecule has 30 heavy (non-hydrogen) atoms. The lowest BCUT2D eigenvalue weighted by atomic mass is 9.99. The zero-order valence-corrected chi connectivity index (χ0v) is 15.7. The number of carbonyl (C=O) groups excluding carboxylic acids is 1. The van der Waals surface area contributed by atoms with Crippen LogP contribution in [-0.4, -0.2) is 22.6 Å². The number of alkyl halides is 3. The molecule has 0 fully saturated rings. The summed E-state index contributed by atoms with van der Waals surface area (Å²) < 4.78 is 44.5. The Balaban J connectivity index is 1.66. The van der Waals surface area contributed by atoms with E-state index < -0.39 is 17.6 Å². The van der Waals surface area contributed by atoms with Crippen LogP contribution in [0.5, 0.6) is 11.5 Å². The van der Waals surface area contributed by atoms with Gasteiger partial charge in [-0.3, -0.25) is 9.78 Å². The Labute approximate surface area is 169 Å². The number of hydrogen-bond acceptors (Lipinski definition) is 4. The Morgan fingerprint density at radius 1 is 1.20 bits per heavy atom. The second kappa shape index (κ2) is 7.70. The van der Waals surface area contributed by atoms with E-state index in [2.05, 4.69) is 10.3 Å². The number of halogens is 3. The van der Waals surface area contributed by atoms with Crippen molar-refractivity contribution in [3.05, 3.63) is 65.9 Å². The van der Waals surface area contributed by atoms with E-state index in [1.54, 1.807) is 18.2 Å². The number of aromatic hydroxyl groups is 1. The summed E-state index contributed by atoms with van der Waals surface area (Å²) in [6.07, 6.45) is -0.728. The van der Waals surface area contributed by atoms with Crippen molar-refractivity contribution in [1.29, 1.82) is 0 Å². The molecule has 0 atom stereocenters. The third kappa shape index (κ3) is 4.07. The van der Waals surface area contributed by atoms with Gasteiger partial charge in [-0.1, -0.05) is 12.1 Å². The molecule has 154 valence electrons. The Kier molecular flexibility index (Phi) is 5.07. The molecule has 1 aliphatic rings. The monoisotopic (exact) mass is 414 g/mol. The van der Waals surface area contributed by atoms with Crippen LogP contribution in [0.4, 0.5) is 18.9 Å². The van der Waals surface area contributed by atoms with Gasteiger partial charge < -0.3 is 15.2 Å². The zero-order chi connectivity index (χ0) is 21.3. The first-order chi connectivity index (χ1) is 14.3. The molecule has 8 heteroatoms. The molecule has 0 aliphatic carbocycles. The molecule has 0 bridgehead atoms. The first-order valence-electron chi connectivity index (χ1n) is 9.25. The molecule has 3 aromatic rings. The number of amides is 1. The van der Waals surface area contributed by atoms with Gasteiger partial charge in [-0.15, -0.1) is 0 Å². The predicted molar refractivity (Wildman–Crippen MR) is 106 cm³/mol. The number of ether oxygens (including phenoxy) is 1. The molecular weight excluding hydrogens is 397 g/mol. The number of fused-ring (bicyclic) bond motifs is 2. The average molecular weight is 414 g/mol. The largest absolute Gasteiger partial charge is 0.506 e. The van der Waals surface area contributed by atoms with Crippen LogP contribution in [0, 0.1) is 0 Å². The van der Waals surface area contributed by atoms with Crippen molar-refractivity contribution >= 4 is 28.1 Å². The van der Waals surface area contributed by atoms with Crippen molar-refractivity contribution in [2.45, 2.75) is 19.0 Å². The lowest BCUT2D eigenvalue weighted by Gasteiger charge is -2.13. The summed E-state index contributed by atoms with van der Waals surface area (Å²) in [5.41, 5.74) is 1.33. The van der Waals surface area contributed by atoms with Crippen LogP contribution in [0.1, 0.15) is 24.0 Å². The van der Waals surface area contributed by atoms with Gasteiger partial charge in [0.1, 0.15) is 11.5 Å². The molecule has 1 aliphatic heterocycles. The highest BCUT2D eigenvalue weighted by atomic mass is 19.4. The number of rotatable bonds is 2. The molecule has 2 N–H and O–H groups in total. The molecule has 1 amide bonds. The van der Waals surface area contributed by atoms with Gasteiger partial charge in [0, 0.05) is 17.0 Å². The first-order valence-corrected chi connectivity index (χ1v) is 9.25. The summed E-state index contributed by atoms with van der Waals surface area (Å²) in [5, 5.41) is 13.0. The smallest absolute Gasteiger partial charge is 0.416 e. The van der Waals surface area contributed by atoms with Crippen LogP contribution in [0.25, 0.3) is 16.5 Å². The highest BCUT2D eigenvalue weighted by molar-refractivity contribution is 6.08. The van der Waals surface area contributed by atoms with Gasteiger partial charge in [-0.05, 0) is 48.7 Å². The number of carbonyl (C=O) groups is 1. The number of nitrogens with zero attached hydrogens (tertiary/aromatic N) is 1. The summed E-state index contributed by atoms with van der Waals surface area (Å²) in [7, 11) is 0. The van der Waals surface area contributed by atoms with E-state index in [0.717, 1.165) is 12.1 Å². The topological polar surface area (TPSA) is 71.5 Å². The van der Waals surface area contributed by atoms with Crippen LogP contribution in [0.15, 0.2) is 54.7 Å². The van der Waals surface area contributed by atoms with E-state index in [9.17, 15) is 23.1 Å². The maximum Gasteiger partial charge on any atom is 0.416 e. The third-order valence-corrected chi connectivity index (χ3v) is 4.78. The molecule has 2 aromatic carbocycles. The molecule has 2 heterocycles. The van der Waals surface area contributed by atoms with Crippen LogP contribution in [0.2, 0.25) is 0 Å². The van der Waals surface area contributed by atoms with Crippen molar-refractivity contribution in [2.75, 3.05) is 11.9 Å². The van der Waals surface area contributed by atoms with Crippen LogP contribution >= 0.6 is 0 Å². The van der Waals surface area contributed by atoms with Gasteiger partial charge in [0.25, 0.3) is 0 Å². The minimum absolute atomic E-state index is 0.0298. The molecule has 1 aromatic heterocycles. The molecule has 4 rings (SSSR count). The third-order valence-electron chi connectivity index (χ3n) is 4.78. The maximum absolute atomic E-state index is 13.0. The standard InChI is InChI=1S/C22H17F3N2O3/c23-22(24,25)14-6-7-16-13(3-2-8-30-20(16)10-14)9-21(29)27-19-5-1-4-18-17(19)11-15(28)12-26-18/h1,4-7,9-12,28H,2-3,8H2,(H,27,29)/b13-9+. The zero-order valence-electron chi connectivity index (χ0n) is 15.7. The molecule has 5 nitrogen and oxygen atoms in total. The number of aromatic nitrogens is 1. The summed E-state index contributed by atoms with van der Waals surface area (Å²) >= 11 is 0. The lowest BCUT2D eigenvalue weighted by molar-refractivity contribution is -0.137. The Morgan fingerprint density at radius 3 is 2.83 bits per heavy atom. The second-order valence-electron chi connectivity index (χ2n) is 6.89. The molecule has 0 saturated heterocycles. The maximum atomic E-state index is 13.0. The predicted octanol–water partition coefficient (Wildman–Crippen LogP) is 5.15. The van der Waals surface area contributed by atoms with E-state index >= 15 is 0 Å². The first kappa shape index (κ1) is 19.8. The van der Waals surface area contributed by atoms with Gasteiger partial charge in [0.2, 0.25) is 5.91 Å². The minimum Gasteiger partial charge on any atom is -0.506 e. The van der Waals surface area contributed by atoms with Crippen molar-refractivity contribution in [3.63, 3.8) is 0 Å². The Bertz CT molecular complexity index is 1160. The quantitative estimate of drug-likeness (QED) is 0.569. The van der Waals surface area contributed by atoms with Crippen molar-refractivity contribution in [3.8, 4) is 11.5 Å². The van der Waals surface area contributed by atoms with Gasteiger partial charge in [0.15, 0.2) is 0 Å². The lowest BCUT2D eigenvalue weighted by Crippen LogP contribution is -2.09. The Hall–Kier alpha value is -3.55. The molecule has 0 unspecified atom stereocenters. The number of pyridine rings is 1. The number of hydrogen-bond donors (Lipinski definition) is 2. The van der Waals surface area contributed by atoms with Crippen LogP contribution < -0.4 is 10.1 Å². The molecule has 0 saturated carbocycles. The minimum atomic E-state index is -4.47. The normalized spacial score (nSPS) is 15.4. The number of nitrogens with one attached hydrogen (secondary N) is 1. The van der Waals surface area contributed by atoms with Crippen molar-refractivity contribution in [2.24, 2.45) is 0 Å². The van der Waals surface area contributed by atoms with Gasteiger partial charge in [0.05, 0.1) is 29.6 Å². The van der Waals surface area contributed by atoms with Crippen molar-refractivity contribution in [1.82, 2.24) is 4.98 Å². The summed E-state index contributed by atoms with van der Waals surface area (Å²) in [4.78, 5) is 16.8. The van der Waals surface area contributed by atoms with E-state index in [4.69, 9.17) is 4.74 Å². The number of allylic oxidation sites excluding steroid dienone is 1. The summed E-state index contributed by atoms with van der Waals surface area (Å²) in [5.74, 6) is -0.355. The van der Waals surface area contributed by atoms with E-state index in [-0.39, 0.29) is 18.1 Å². The molecule has 0 radical (unpaired) electrons. The fourth-order valence-corrected chi connectivity index (χ4v) is 3.39. The fraction of sp³-hybridized carbons (Fsp3) is 0.182.